The summed E-state index contributed by atoms with van der Waals surface area (Å²) in [5, 5.41) is 3.23. The summed E-state index contributed by atoms with van der Waals surface area (Å²) in [6.45, 7) is 17.9. The molecule has 6 unspecified atom stereocenters. The highest BCUT2D eigenvalue weighted by Gasteiger charge is 2.37. The summed E-state index contributed by atoms with van der Waals surface area (Å²) in [5.41, 5.74) is 5.99. The van der Waals surface area contributed by atoms with E-state index in [2.05, 4.69) is 46.9 Å². The van der Waals surface area contributed by atoms with Crippen LogP contribution in [0.1, 0.15) is 93.4 Å². The smallest absolute Gasteiger partial charge is 0.222 e. The van der Waals surface area contributed by atoms with Gasteiger partial charge in [0.25, 0.3) is 0 Å². The van der Waals surface area contributed by atoms with Crippen LogP contribution in [0.3, 0.4) is 0 Å². The van der Waals surface area contributed by atoms with E-state index in [0.29, 0.717) is 23.2 Å². The first-order valence-electron chi connectivity index (χ1n) is 14.0. The van der Waals surface area contributed by atoms with Crippen LogP contribution in [0.25, 0.3) is 0 Å². The standard InChI is InChI=1S/C24H49N3O3S.C4H10.CH2O/c1-10-17(4)22(27(7)21(28)14-16(2)3)20(29-8)15-19(12-11-13-26-6)23(30-9)18(5)24(25)31;1-3-4-2;1-2/h16-20,22-23,26H,10-15H2,1-9H3,(H2,25,31);3-4H2,1-2H3;1H2. The second kappa shape index (κ2) is 25.2. The minimum atomic E-state index is -0.0909. The lowest BCUT2D eigenvalue weighted by Crippen LogP contribution is -2.51. The zero-order valence-electron chi connectivity index (χ0n) is 26.0. The molecular formula is C29H61N3O4S. The quantitative estimate of drug-likeness (QED) is 0.173. The first-order valence-corrected chi connectivity index (χ1v) is 14.4. The van der Waals surface area contributed by atoms with Crippen molar-refractivity contribution in [1.29, 1.82) is 0 Å². The average molecular weight is 548 g/mol. The van der Waals surface area contributed by atoms with Gasteiger partial charge < -0.3 is 30.2 Å². The minimum Gasteiger partial charge on any atom is -0.393 e. The number of hydrogen-bond acceptors (Lipinski definition) is 6. The van der Waals surface area contributed by atoms with Crippen molar-refractivity contribution in [3.63, 3.8) is 0 Å². The number of nitrogens with zero attached hydrogens (tertiary/aromatic N) is 1. The SMILES string of the molecule is C=O.CCC(C)C(C(CC(CCCNC)C(OC)C(C)C(N)=S)OC)N(C)C(=O)CC(C)C.CCCC. The van der Waals surface area contributed by atoms with E-state index in [1.54, 1.807) is 14.2 Å². The van der Waals surface area contributed by atoms with Crippen molar-refractivity contribution < 1.29 is 19.1 Å². The molecule has 0 spiro atoms. The van der Waals surface area contributed by atoms with E-state index in [1.165, 1.54) is 12.8 Å². The minimum absolute atomic E-state index is 0.00527. The Morgan fingerprint density at radius 2 is 1.59 bits per heavy atom. The molecule has 8 heteroatoms. The number of nitrogens with two attached hydrogens (primary N) is 1. The fourth-order valence-corrected chi connectivity index (χ4v) is 4.63. The van der Waals surface area contributed by atoms with Gasteiger partial charge in [-0.15, -0.1) is 0 Å². The van der Waals surface area contributed by atoms with Crippen molar-refractivity contribution in [3.8, 4) is 0 Å². The largest absolute Gasteiger partial charge is 0.393 e. The van der Waals surface area contributed by atoms with Crippen LogP contribution in [0.2, 0.25) is 0 Å². The van der Waals surface area contributed by atoms with Gasteiger partial charge in [0.15, 0.2) is 0 Å². The van der Waals surface area contributed by atoms with E-state index in [9.17, 15) is 4.79 Å². The number of hydrogen-bond donors (Lipinski definition) is 2. The molecule has 0 bridgehead atoms. The maximum absolute atomic E-state index is 12.9. The third-order valence-corrected chi connectivity index (χ3v) is 7.42. The number of amides is 1. The van der Waals surface area contributed by atoms with Gasteiger partial charge in [0.2, 0.25) is 5.91 Å². The van der Waals surface area contributed by atoms with Gasteiger partial charge in [0, 0.05) is 33.6 Å². The second-order valence-electron chi connectivity index (χ2n) is 10.4. The van der Waals surface area contributed by atoms with Crippen LogP contribution in [-0.4, -0.2) is 75.7 Å². The van der Waals surface area contributed by atoms with E-state index in [0.717, 1.165) is 32.2 Å². The van der Waals surface area contributed by atoms with Crippen LogP contribution in [0.5, 0.6) is 0 Å². The summed E-state index contributed by atoms with van der Waals surface area (Å²) in [5.74, 6) is 1.01. The molecule has 0 aliphatic heterocycles. The Bertz CT molecular complexity index is 563. The number of unbranched alkanes of at least 4 members (excludes halogenated alkanes) is 1. The summed E-state index contributed by atoms with van der Waals surface area (Å²) in [6.07, 6.45) is 6.78. The Hall–Kier alpha value is -1.09. The van der Waals surface area contributed by atoms with Crippen LogP contribution in [-0.2, 0) is 19.1 Å². The van der Waals surface area contributed by atoms with Crippen LogP contribution in [0.15, 0.2) is 0 Å². The third-order valence-electron chi connectivity index (χ3n) is 7.05. The number of rotatable bonds is 18. The van der Waals surface area contributed by atoms with Gasteiger partial charge in [-0.25, -0.2) is 0 Å². The van der Waals surface area contributed by atoms with Crippen molar-refractivity contribution in [2.75, 3.05) is 34.9 Å². The van der Waals surface area contributed by atoms with Gasteiger partial charge in [0.05, 0.1) is 23.2 Å². The van der Waals surface area contributed by atoms with Gasteiger partial charge >= 0.3 is 0 Å². The molecule has 0 radical (unpaired) electrons. The Morgan fingerprint density at radius 3 is 1.95 bits per heavy atom. The molecule has 0 saturated heterocycles. The molecule has 0 fully saturated rings. The van der Waals surface area contributed by atoms with Gasteiger partial charge in [-0.3, -0.25) is 4.79 Å². The number of ether oxygens (including phenoxy) is 2. The second-order valence-corrected chi connectivity index (χ2v) is 10.9. The normalized spacial score (nSPS) is 15.7. The van der Waals surface area contributed by atoms with E-state index in [-0.39, 0.29) is 36.0 Å². The molecule has 7 nitrogen and oxygen atoms in total. The molecule has 3 N–H and O–H groups in total. The fraction of sp³-hybridized carbons (Fsp3) is 0.897. The van der Waals surface area contributed by atoms with E-state index < -0.39 is 0 Å². The van der Waals surface area contributed by atoms with Crippen molar-refractivity contribution in [1.82, 2.24) is 10.2 Å². The zero-order chi connectivity index (χ0) is 29.6. The van der Waals surface area contributed by atoms with Crippen molar-refractivity contribution >= 4 is 29.9 Å². The molecule has 1 amide bonds. The highest BCUT2D eigenvalue weighted by Crippen LogP contribution is 2.31. The summed E-state index contributed by atoms with van der Waals surface area (Å²) >= 11 is 5.29. The maximum Gasteiger partial charge on any atom is 0.222 e. The van der Waals surface area contributed by atoms with Gasteiger partial charge in [-0.1, -0.05) is 79.9 Å². The molecule has 37 heavy (non-hydrogen) atoms. The number of nitrogens with one attached hydrogen (secondary N) is 1. The van der Waals surface area contributed by atoms with E-state index in [1.807, 2.05) is 32.7 Å². The lowest BCUT2D eigenvalue weighted by molar-refractivity contribution is -0.138. The molecule has 0 saturated carbocycles. The first-order chi connectivity index (χ1) is 17.5. The molecule has 0 aromatic heterocycles. The summed E-state index contributed by atoms with van der Waals surface area (Å²) in [6, 6.07) is 0.00527. The van der Waals surface area contributed by atoms with E-state index in [4.69, 9.17) is 32.2 Å². The molecule has 0 rings (SSSR count). The first kappa shape index (κ1) is 40.4. The lowest BCUT2D eigenvalue weighted by atomic mass is 9.80. The molecule has 0 aliphatic carbocycles. The molecular weight excluding hydrogens is 486 g/mol. The molecule has 6 atom stereocenters. The van der Waals surface area contributed by atoms with Crippen LogP contribution >= 0.6 is 12.2 Å². The van der Waals surface area contributed by atoms with Crippen molar-refractivity contribution in [2.24, 2.45) is 29.4 Å². The van der Waals surface area contributed by atoms with Crippen LogP contribution in [0.4, 0.5) is 0 Å². The maximum atomic E-state index is 12.9. The summed E-state index contributed by atoms with van der Waals surface area (Å²) < 4.78 is 12.0. The number of thiocarbonyl (C=S) groups is 1. The number of likely N-dealkylation sites (N-methyl/N-ethyl adjacent to an activating group) is 1. The highest BCUT2D eigenvalue weighted by atomic mass is 32.1. The van der Waals surface area contributed by atoms with Crippen LogP contribution in [0, 0.1) is 23.7 Å². The topological polar surface area (TPSA) is 93.9 Å². The molecule has 222 valence electrons. The molecule has 0 heterocycles. The highest BCUT2D eigenvalue weighted by molar-refractivity contribution is 7.80. The predicted octanol–water partition coefficient (Wildman–Crippen LogP) is 5.49. The summed E-state index contributed by atoms with van der Waals surface area (Å²) in [4.78, 5) is 23.3. The molecule has 0 aliphatic rings. The number of carbonyl (C=O) groups excluding carboxylic acids is 2. The molecule has 0 aromatic carbocycles. The summed E-state index contributed by atoms with van der Waals surface area (Å²) in [7, 11) is 7.38. The van der Waals surface area contributed by atoms with Crippen LogP contribution < -0.4 is 11.1 Å². The van der Waals surface area contributed by atoms with Crippen molar-refractivity contribution in [2.45, 2.75) is 112 Å². The van der Waals surface area contributed by atoms with Gasteiger partial charge in [-0.2, -0.15) is 0 Å². The van der Waals surface area contributed by atoms with Crippen molar-refractivity contribution in [3.05, 3.63) is 0 Å². The Balaban J connectivity index is -0.00000174. The lowest BCUT2D eigenvalue weighted by Gasteiger charge is -2.41. The van der Waals surface area contributed by atoms with Gasteiger partial charge in [0.1, 0.15) is 6.79 Å². The average Bonchev–Trinajstić information content (AvgIpc) is 2.88. The number of carbonyl (C=O) groups is 2. The number of methoxy groups -OCH3 is 2. The predicted molar refractivity (Wildman–Crippen MR) is 162 cm³/mol. The fourth-order valence-electron chi connectivity index (χ4n) is 4.50. The Labute approximate surface area is 235 Å². The van der Waals surface area contributed by atoms with Gasteiger partial charge in [-0.05, 0) is 50.6 Å². The molecule has 0 aromatic rings. The van der Waals surface area contributed by atoms with E-state index >= 15 is 0 Å². The Morgan fingerprint density at radius 1 is 1.05 bits per heavy atom. The third kappa shape index (κ3) is 17.2. The Kier molecular flexibility index (Phi) is 27.5. The zero-order valence-corrected chi connectivity index (χ0v) is 26.8. The monoisotopic (exact) mass is 547 g/mol.